The predicted octanol–water partition coefficient (Wildman–Crippen LogP) is 2.38. The highest BCUT2D eigenvalue weighted by Gasteiger charge is 2.26. The fraction of sp³-hybridized carbons (Fsp3) is 0.500. The lowest BCUT2D eigenvalue weighted by atomic mass is 9.98. The fourth-order valence-corrected chi connectivity index (χ4v) is 1.76. The third-order valence-corrected chi connectivity index (χ3v) is 3.17. The van der Waals surface area contributed by atoms with Crippen molar-refractivity contribution in [3.8, 4) is 5.75 Å². The normalized spacial score (nSPS) is 11.6. The molecular formula is C14H21NO3. The Kier molecular flexibility index (Phi) is 4.73. The maximum atomic E-state index is 10.8. The number of nitrogens with zero attached hydrogens (tertiary/aromatic N) is 1. The molecule has 0 unspecified atom stereocenters. The van der Waals surface area contributed by atoms with E-state index in [-0.39, 0.29) is 12.0 Å². The molecule has 0 spiro atoms. The molecule has 0 aromatic heterocycles. The molecule has 4 nitrogen and oxygen atoms in total. The summed E-state index contributed by atoms with van der Waals surface area (Å²) in [7, 11) is 3.57. The Hall–Kier alpha value is -1.55. The van der Waals surface area contributed by atoms with Crippen LogP contribution < -0.4 is 4.74 Å². The number of benzene rings is 1. The summed E-state index contributed by atoms with van der Waals surface area (Å²) in [5.41, 5.74) is 0.727. The Morgan fingerprint density at radius 3 is 2.67 bits per heavy atom. The van der Waals surface area contributed by atoms with E-state index in [1.54, 1.807) is 7.11 Å². The second kappa shape index (κ2) is 5.87. The van der Waals surface area contributed by atoms with E-state index in [9.17, 15) is 4.79 Å². The average Bonchev–Trinajstić information content (AvgIpc) is 2.27. The largest absolute Gasteiger partial charge is 0.497 e. The summed E-state index contributed by atoms with van der Waals surface area (Å²) in [6.07, 6.45) is 0.119. The zero-order chi connectivity index (χ0) is 13.8. The molecule has 0 aliphatic rings. The number of hydrogen-bond donors (Lipinski definition) is 1. The van der Waals surface area contributed by atoms with Crippen molar-refractivity contribution in [3.05, 3.63) is 29.8 Å². The van der Waals surface area contributed by atoms with Crippen LogP contribution in [0.4, 0.5) is 0 Å². The molecule has 0 fully saturated rings. The van der Waals surface area contributed by atoms with Crippen LogP contribution in [0, 0.1) is 0 Å². The number of rotatable bonds is 6. The summed E-state index contributed by atoms with van der Waals surface area (Å²) in [6, 6.07) is 7.81. The molecule has 0 aliphatic carbocycles. The van der Waals surface area contributed by atoms with E-state index in [0.717, 1.165) is 11.3 Å². The first-order valence-electron chi connectivity index (χ1n) is 5.91. The van der Waals surface area contributed by atoms with Gasteiger partial charge in [-0.25, -0.2) is 0 Å². The van der Waals surface area contributed by atoms with Crippen LogP contribution >= 0.6 is 0 Å². The van der Waals surface area contributed by atoms with E-state index in [1.807, 2.05) is 50.1 Å². The van der Waals surface area contributed by atoms with Crippen molar-refractivity contribution in [1.82, 2.24) is 4.90 Å². The monoisotopic (exact) mass is 251 g/mol. The minimum Gasteiger partial charge on any atom is -0.497 e. The Bertz CT molecular complexity index is 415. The van der Waals surface area contributed by atoms with Gasteiger partial charge in [-0.05, 0) is 38.6 Å². The van der Waals surface area contributed by atoms with Crippen LogP contribution in [0.3, 0.4) is 0 Å². The van der Waals surface area contributed by atoms with E-state index in [4.69, 9.17) is 9.84 Å². The number of carboxylic acid groups (broad SMARTS) is 1. The molecule has 100 valence electrons. The van der Waals surface area contributed by atoms with Crippen molar-refractivity contribution in [2.45, 2.75) is 32.4 Å². The lowest BCUT2D eigenvalue weighted by molar-refractivity contribution is -0.139. The molecule has 0 amide bonds. The standard InChI is InChI=1S/C14H21NO3/c1-14(2,9-13(16)17)15(3)10-11-6-5-7-12(8-11)18-4/h5-8H,9-10H2,1-4H3,(H,16,17). The van der Waals surface area contributed by atoms with Crippen LogP contribution in [0.1, 0.15) is 25.8 Å². The van der Waals surface area contributed by atoms with Gasteiger partial charge in [0, 0.05) is 12.1 Å². The molecule has 18 heavy (non-hydrogen) atoms. The molecule has 1 rings (SSSR count). The van der Waals surface area contributed by atoms with Crippen molar-refractivity contribution < 1.29 is 14.6 Å². The van der Waals surface area contributed by atoms with Gasteiger partial charge in [0.2, 0.25) is 0 Å². The van der Waals surface area contributed by atoms with E-state index < -0.39 is 5.97 Å². The fourth-order valence-electron chi connectivity index (χ4n) is 1.76. The summed E-state index contributed by atoms with van der Waals surface area (Å²) in [5.74, 6) is 0.0365. The molecule has 0 saturated heterocycles. The highest BCUT2D eigenvalue weighted by molar-refractivity contribution is 5.68. The van der Waals surface area contributed by atoms with Crippen LogP contribution in [0.5, 0.6) is 5.75 Å². The molecule has 1 aromatic carbocycles. The quantitative estimate of drug-likeness (QED) is 0.843. The van der Waals surface area contributed by atoms with Crippen molar-refractivity contribution in [2.75, 3.05) is 14.2 Å². The van der Waals surface area contributed by atoms with Crippen molar-refractivity contribution in [3.63, 3.8) is 0 Å². The lowest BCUT2D eigenvalue weighted by Gasteiger charge is -2.34. The number of aliphatic carboxylic acids is 1. The van der Waals surface area contributed by atoms with E-state index >= 15 is 0 Å². The maximum Gasteiger partial charge on any atom is 0.305 e. The van der Waals surface area contributed by atoms with Crippen molar-refractivity contribution >= 4 is 5.97 Å². The molecule has 0 heterocycles. The summed E-state index contributed by atoms with van der Waals surface area (Å²) in [4.78, 5) is 12.9. The number of methoxy groups -OCH3 is 1. The molecule has 4 heteroatoms. The molecule has 1 aromatic rings. The summed E-state index contributed by atoms with van der Waals surface area (Å²) >= 11 is 0. The number of hydrogen-bond acceptors (Lipinski definition) is 3. The molecule has 0 saturated carbocycles. The van der Waals surface area contributed by atoms with Crippen LogP contribution in [-0.4, -0.2) is 35.7 Å². The number of ether oxygens (including phenoxy) is 1. The SMILES string of the molecule is COc1cccc(CN(C)C(C)(C)CC(=O)O)c1. The van der Waals surface area contributed by atoms with Gasteiger partial charge in [0.25, 0.3) is 0 Å². The first-order valence-corrected chi connectivity index (χ1v) is 5.91. The van der Waals surface area contributed by atoms with Gasteiger partial charge in [0.15, 0.2) is 0 Å². The predicted molar refractivity (Wildman–Crippen MR) is 70.8 cm³/mol. The highest BCUT2D eigenvalue weighted by atomic mass is 16.5. The maximum absolute atomic E-state index is 10.8. The first kappa shape index (κ1) is 14.5. The Balaban J connectivity index is 2.73. The molecule has 1 N–H and O–H groups in total. The molecule has 0 aliphatic heterocycles. The molecule has 0 atom stereocenters. The Morgan fingerprint density at radius 1 is 1.44 bits per heavy atom. The third-order valence-electron chi connectivity index (χ3n) is 3.17. The van der Waals surface area contributed by atoms with Gasteiger partial charge in [0.05, 0.1) is 13.5 Å². The van der Waals surface area contributed by atoms with Crippen LogP contribution in [0.2, 0.25) is 0 Å². The van der Waals surface area contributed by atoms with Gasteiger partial charge < -0.3 is 9.84 Å². The first-order chi connectivity index (χ1) is 8.35. The number of carboxylic acids is 1. The van der Waals surface area contributed by atoms with Gasteiger partial charge in [-0.1, -0.05) is 12.1 Å². The van der Waals surface area contributed by atoms with Gasteiger partial charge in [-0.2, -0.15) is 0 Å². The number of carbonyl (C=O) groups is 1. The van der Waals surface area contributed by atoms with Gasteiger partial charge >= 0.3 is 5.97 Å². The molecule has 0 radical (unpaired) electrons. The minimum absolute atomic E-state index is 0.119. The zero-order valence-electron chi connectivity index (χ0n) is 11.4. The average molecular weight is 251 g/mol. The van der Waals surface area contributed by atoms with Crippen molar-refractivity contribution in [2.24, 2.45) is 0 Å². The molecule has 0 bridgehead atoms. The smallest absolute Gasteiger partial charge is 0.305 e. The topological polar surface area (TPSA) is 49.8 Å². The zero-order valence-corrected chi connectivity index (χ0v) is 11.4. The van der Waals surface area contributed by atoms with E-state index in [2.05, 4.69) is 0 Å². The van der Waals surface area contributed by atoms with E-state index in [1.165, 1.54) is 0 Å². The second-order valence-electron chi connectivity index (χ2n) is 5.09. The minimum atomic E-state index is -0.780. The third kappa shape index (κ3) is 4.04. The summed E-state index contributed by atoms with van der Waals surface area (Å²) < 4.78 is 5.17. The van der Waals surface area contributed by atoms with Gasteiger partial charge in [0.1, 0.15) is 5.75 Å². The van der Waals surface area contributed by atoms with Crippen LogP contribution in [0.25, 0.3) is 0 Å². The van der Waals surface area contributed by atoms with Crippen LogP contribution in [-0.2, 0) is 11.3 Å². The van der Waals surface area contributed by atoms with Gasteiger partial charge in [-0.15, -0.1) is 0 Å². The van der Waals surface area contributed by atoms with Crippen molar-refractivity contribution in [1.29, 1.82) is 0 Å². The second-order valence-corrected chi connectivity index (χ2v) is 5.09. The highest BCUT2D eigenvalue weighted by Crippen LogP contribution is 2.21. The molecular weight excluding hydrogens is 230 g/mol. The lowest BCUT2D eigenvalue weighted by Crippen LogP contribution is -2.42. The summed E-state index contributed by atoms with van der Waals surface area (Å²) in [5, 5.41) is 8.90. The van der Waals surface area contributed by atoms with Crippen LogP contribution in [0.15, 0.2) is 24.3 Å². The summed E-state index contributed by atoms with van der Waals surface area (Å²) in [6.45, 7) is 4.56. The van der Waals surface area contributed by atoms with E-state index in [0.29, 0.717) is 6.54 Å². The Morgan fingerprint density at radius 2 is 2.11 bits per heavy atom. The Labute approximate surface area is 108 Å². The van der Waals surface area contributed by atoms with Gasteiger partial charge in [-0.3, -0.25) is 9.69 Å².